The van der Waals surface area contributed by atoms with Gasteiger partial charge < -0.3 is 9.84 Å². The topological polar surface area (TPSA) is 70.3 Å². The van der Waals surface area contributed by atoms with Crippen molar-refractivity contribution in [3.8, 4) is 11.8 Å². The zero-order valence-electron chi connectivity index (χ0n) is 11.0. The van der Waals surface area contributed by atoms with Crippen LogP contribution in [0.4, 0.5) is 4.39 Å². The Kier molecular flexibility index (Phi) is 4.45. The lowest BCUT2D eigenvalue weighted by Gasteiger charge is -2.08. The summed E-state index contributed by atoms with van der Waals surface area (Å²) in [6, 6.07) is 10.3. The third-order valence-corrected chi connectivity index (χ3v) is 3.80. The molecule has 6 heteroatoms. The van der Waals surface area contributed by atoms with E-state index in [2.05, 4.69) is 0 Å². The largest absolute Gasteiger partial charge is 0.497 e. The number of methoxy groups -OCH3 is 1. The Labute approximate surface area is 124 Å². The summed E-state index contributed by atoms with van der Waals surface area (Å²) < 4.78 is 18.9. The number of hydrogen-bond donors (Lipinski definition) is 1. The van der Waals surface area contributed by atoms with Crippen LogP contribution >= 0.6 is 11.8 Å². The van der Waals surface area contributed by atoms with Crippen molar-refractivity contribution in [1.82, 2.24) is 0 Å². The lowest BCUT2D eigenvalue weighted by atomic mass is 10.2. The number of carbonyl (C=O) groups is 1. The van der Waals surface area contributed by atoms with Crippen molar-refractivity contribution in [3.63, 3.8) is 0 Å². The average molecular weight is 303 g/mol. The number of nitriles is 1. The number of ether oxygens (including phenoxy) is 1. The van der Waals surface area contributed by atoms with Crippen molar-refractivity contribution in [2.75, 3.05) is 7.11 Å². The summed E-state index contributed by atoms with van der Waals surface area (Å²) in [5.74, 6) is -1.15. The fraction of sp³-hybridized carbons (Fsp3) is 0.0667. The Morgan fingerprint density at radius 1 is 1.29 bits per heavy atom. The lowest BCUT2D eigenvalue weighted by molar-refractivity contribution is 0.0696. The maximum absolute atomic E-state index is 13.8. The normalized spacial score (nSPS) is 9.95. The number of benzene rings is 2. The van der Waals surface area contributed by atoms with E-state index >= 15 is 0 Å². The van der Waals surface area contributed by atoms with Crippen LogP contribution in [0.2, 0.25) is 0 Å². The minimum atomic E-state index is -1.14. The highest BCUT2D eigenvalue weighted by atomic mass is 32.2. The summed E-state index contributed by atoms with van der Waals surface area (Å²) in [4.78, 5) is 11.6. The summed E-state index contributed by atoms with van der Waals surface area (Å²) in [5, 5.41) is 18.0. The van der Waals surface area contributed by atoms with Crippen LogP contribution in [0, 0.1) is 17.1 Å². The molecule has 0 aliphatic rings. The predicted octanol–water partition coefficient (Wildman–Crippen LogP) is 3.56. The summed E-state index contributed by atoms with van der Waals surface area (Å²) in [7, 11) is 1.49. The first-order valence-electron chi connectivity index (χ1n) is 5.84. The Morgan fingerprint density at radius 2 is 2.05 bits per heavy atom. The van der Waals surface area contributed by atoms with E-state index in [0.29, 0.717) is 16.2 Å². The van der Waals surface area contributed by atoms with E-state index in [-0.39, 0.29) is 10.5 Å². The number of carboxylic acid groups (broad SMARTS) is 1. The van der Waals surface area contributed by atoms with Gasteiger partial charge in [-0.3, -0.25) is 0 Å². The molecule has 21 heavy (non-hydrogen) atoms. The molecular formula is C15H10FNO3S. The smallest absolute Gasteiger partial charge is 0.335 e. The molecule has 0 aromatic heterocycles. The van der Waals surface area contributed by atoms with Gasteiger partial charge in [-0.1, -0.05) is 11.8 Å². The molecule has 0 aliphatic carbocycles. The van der Waals surface area contributed by atoms with Gasteiger partial charge in [0, 0.05) is 9.79 Å². The molecular weight excluding hydrogens is 293 g/mol. The molecule has 0 saturated heterocycles. The van der Waals surface area contributed by atoms with Gasteiger partial charge >= 0.3 is 5.97 Å². The number of nitrogens with zero attached hydrogens (tertiary/aromatic N) is 1. The van der Waals surface area contributed by atoms with Crippen LogP contribution in [0.3, 0.4) is 0 Å². The van der Waals surface area contributed by atoms with Crippen LogP contribution < -0.4 is 4.74 Å². The first-order valence-corrected chi connectivity index (χ1v) is 6.65. The molecule has 0 fully saturated rings. The fourth-order valence-corrected chi connectivity index (χ4v) is 2.63. The number of hydrogen-bond acceptors (Lipinski definition) is 4. The molecule has 0 bridgehead atoms. The summed E-state index contributed by atoms with van der Waals surface area (Å²) in [5.41, 5.74) is 0.348. The van der Waals surface area contributed by atoms with Crippen molar-refractivity contribution in [3.05, 3.63) is 53.3 Å². The molecule has 2 aromatic carbocycles. The Bertz CT molecular complexity index is 740. The second-order valence-electron chi connectivity index (χ2n) is 4.03. The van der Waals surface area contributed by atoms with Crippen molar-refractivity contribution in [2.45, 2.75) is 9.79 Å². The zero-order valence-corrected chi connectivity index (χ0v) is 11.8. The second kappa shape index (κ2) is 6.29. The van der Waals surface area contributed by atoms with E-state index in [1.807, 2.05) is 6.07 Å². The lowest BCUT2D eigenvalue weighted by Crippen LogP contribution is -1.97. The molecule has 4 nitrogen and oxygen atoms in total. The first kappa shape index (κ1) is 14.9. The van der Waals surface area contributed by atoms with Gasteiger partial charge in [0.25, 0.3) is 0 Å². The van der Waals surface area contributed by atoms with Gasteiger partial charge in [-0.25, -0.2) is 9.18 Å². The number of carboxylic acids is 1. The highest BCUT2D eigenvalue weighted by molar-refractivity contribution is 7.99. The van der Waals surface area contributed by atoms with Crippen LogP contribution in [0.25, 0.3) is 0 Å². The van der Waals surface area contributed by atoms with Gasteiger partial charge in [-0.2, -0.15) is 5.26 Å². The molecule has 106 valence electrons. The van der Waals surface area contributed by atoms with Crippen LogP contribution in [0.15, 0.2) is 46.2 Å². The molecule has 0 amide bonds. The van der Waals surface area contributed by atoms with Gasteiger partial charge in [-0.05, 0) is 36.4 Å². The Balaban J connectivity index is 2.44. The van der Waals surface area contributed by atoms with Crippen LogP contribution in [0.1, 0.15) is 15.9 Å². The molecule has 0 aliphatic heterocycles. The standard InChI is InChI=1S/C15H10FNO3S/c1-20-11-4-2-10(8-17)13(7-11)21-14-6-9(15(18)19)3-5-12(14)16/h2-7H,1H3,(H,18,19). The molecule has 2 rings (SSSR count). The molecule has 1 N–H and O–H groups in total. The van der Waals surface area contributed by atoms with Crippen molar-refractivity contribution < 1.29 is 19.0 Å². The van der Waals surface area contributed by atoms with Crippen molar-refractivity contribution in [2.24, 2.45) is 0 Å². The number of rotatable bonds is 4. The predicted molar refractivity (Wildman–Crippen MR) is 75.2 cm³/mol. The van der Waals surface area contributed by atoms with Gasteiger partial charge in [0.15, 0.2) is 0 Å². The molecule has 0 saturated carbocycles. The van der Waals surface area contributed by atoms with Gasteiger partial charge in [-0.15, -0.1) is 0 Å². The Hall–Kier alpha value is -2.52. The van der Waals surface area contributed by atoms with E-state index in [1.54, 1.807) is 18.2 Å². The second-order valence-corrected chi connectivity index (χ2v) is 5.11. The van der Waals surface area contributed by atoms with Gasteiger partial charge in [0.05, 0.1) is 18.2 Å². The molecule has 0 unspecified atom stereocenters. The highest BCUT2D eigenvalue weighted by Crippen LogP contribution is 2.34. The van der Waals surface area contributed by atoms with Crippen LogP contribution in [-0.2, 0) is 0 Å². The average Bonchev–Trinajstić information content (AvgIpc) is 2.49. The summed E-state index contributed by atoms with van der Waals surface area (Å²) >= 11 is 0.986. The zero-order chi connectivity index (χ0) is 15.4. The highest BCUT2D eigenvalue weighted by Gasteiger charge is 2.12. The van der Waals surface area contributed by atoms with E-state index in [4.69, 9.17) is 15.1 Å². The molecule has 0 spiro atoms. The summed E-state index contributed by atoms with van der Waals surface area (Å²) in [6.45, 7) is 0. The first-order chi connectivity index (χ1) is 10.0. The fourth-order valence-electron chi connectivity index (χ4n) is 1.64. The third kappa shape index (κ3) is 3.33. The maximum Gasteiger partial charge on any atom is 0.335 e. The van der Waals surface area contributed by atoms with Crippen molar-refractivity contribution >= 4 is 17.7 Å². The van der Waals surface area contributed by atoms with Gasteiger partial charge in [0.2, 0.25) is 0 Å². The Morgan fingerprint density at radius 3 is 2.67 bits per heavy atom. The quantitative estimate of drug-likeness (QED) is 0.935. The summed E-state index contributed by atoms with van der Waals surface area (Å²) in [6.07, 6.45) is 0. The SMILES string of the molecule is COc1ccc(C#N)c(Sc2cc(C(=O)O)ccc2F)c1. The number of aromatic carboxylic acids is 1. The van der Waals surface area contributed by atoms with E-state index in [9.17, 15) is 9.18 Å². The molecule has 0 radical (unpaired) electrons. The molecule has 0 atom stereocenters. The van der Waals surface area contributed by atoms with Crippen LogP contribution in [0.5, 0.6) is 5.75 Å². The maximum atomic E-state index is 13.8. The van der Waals surface area contributed by atoms with E-state index < -0.39 is 11.8 Å². The van der Waals surface area contributed by atoms with Gasteiger partial charge in [0.1, 0.15) is 17.6 Å². The molecule has 2 aromatic rings. The minimum absolute atomic E-state index is 0.0136. The minimum Gasteiger partial charge on any atom is -0.497 e. The van der Waals surface area contributed by atoms with E-state index in [0.717, 1.165) is 17.8 Å². The molecule has 0 heterocycles. The van der Waals surface area contributed by atoms with Crippen LogP contribution in [-0.4, -0.2) is 18.2 Å². The monoisotopic (exact) mass is 303 g/mol. The van der Waals surface area contributed by atoms with Crippen molar-refractivity contribution in [1.29, 1.82) is 5.26 Å². The number of halogens is 1. The third-order valence-electron chi connectivity index (χ3n) is 2.71. The van der Waals surface area contributed by atoms with E-state index in [1.165, 1.54) is 19.2 Å².